The average molecular weight is 448 g/mol. The summed E-state index contributed by atoms with van der Waals surface area (Å²) >= 11 is 0. The molecule has 0 aromatic rings. The third kappa shape index (κ3) is 6.86. The zero-order chi connectivity index (χ0) is 24.0. The van der Waals surface area contributed by atoms with E-state index in [-0.39, 0.29) is 0 Å². The Labute approximate surface area is 184 Å². The Kier molecular flexibility index (Phi) is 9.42. The summed E-state index contributed by atoms with van der Waals surface area (Å²) in [5.41, 5.74) is -2.15. The topological polar surface area (TPSA) is 32.7 Å². The van der Waals surface area contributed by atoms with Crippen LogP contribution in [0.2, 0.25) is 0 Å². The highest BCUT2D eigenvalue weighted by atomic mass is 19.4. The number of ether oxygens (including phenoxy) is 1. The van der Waals surface area contributed by atoms with Crippen molar-refractivity contribution in [2.75, 3.05) is 20.2 Å². The van der Waals surface area contributed by atoms with E-state index in [1.165, 1.54) is 20.1 Å². The molecule has 1 heterocycles. The van der Waals surface area contributed by atoms with Gasteiger partial charge < -0.3 is 14.7 Å². The number of allylic oxidation sites excluding steroid dienone is 7. The summed E-state index contributed by atoms with van der Waals surface area (Å²) in [6, 6.07) is 0. The molecule has 3 nitrogen and oxygen atoms in total. The van der Waals surface area contributed by atoms with Gasteiger partial charge in [0, 0.05) is 18.7 Å². The van der Waals surface area contributed by atoms with Crippen LogP contribution in [-0.4, -0.2) is 42.0 Å². The first-order valence-corrected chi connectivity index (χ1v) is 10.7. The first kappa shape index (κ1) is 27.3. The number of nitrogens with zero attached hydrogens (tertiary/aromatic N) is 1. The molecular formula is C24H37F4NO2. The molecule has 0 saturated heterocycles. The summed E-state index contributed by atoms with van der Waals surface area (Å²) in [5.74, 6) is -0.138. The van der Waals surface area contributed by atoms with E-state index in [9.17, 15) is 22.7 Å². The van der Waals surface area contributed by atoms with E-state index in [0.717, 1.165) is 24.1 Å². The largest absolute Gasteiger partial charge is 0.501 e. The molecule has 0 fully saturated rings. The number of aliphatic hydroxyl groups is 1. The van der Waals surface area contributed by atoms with E-state index >= 15 is 0 Å². The van der Waals surface area contributed by atoms with Crippen molar-refractivity contribution in [3.63, 3.8) is 0 Å². The molecule has 0 aromatic carbocycles. The minimum absolute atomic E-state index is 0.319. The van der Waals surface area contributed by atoms with Crippen molar-refractivity contribution in [1.82, 2.24) is 4.90 Å². The highest BCUT2D eigenvalue weighted by molar-refractivity contribution is 5.31. The predicted molar refractivity (Wildman–Crippen MR) is 117 cm³/mol. The number of alkyl halides is 3. The molecule has 1 unspecified atom stereocenters. The SMILES string of the molecule is C/C=C\C1=C(C)CCCN1CC(O)(CC(C)(C)C(/C=C(\C)F)=C(/CC)OC)C(F)(F)F. The molecule has 0 amide bonds. The fraction of sp³-hybridized carbons (Fsp3) is 0.667. The quantitative estimate of drug-likeness (QED) is 0.239. The van der Waals surface area contributed by atoms with E-state index in [4.69, 9.17) is 4.74 Å². The van der Waals surface area contributed by atoms with Gasteiger partial charge in [0.2, 0.25) is 0 Å². The smallest absolute Gasteiger partial charge is 0.418 e. The van der Waals surface area contributed by atoms with Gasteiger partial charge in [-0.2, -0.15) is 13.2 Å². The Bertz CT molecular complexity index is 737. The number of hydrogen-bond acceptors (Lipinski definition) is 3. The molecule has 1 aliphatic heterocycles. The maximum atomic E-state index is 14.2. The summed E-state index contributed by atoms with van der Waals surface area (Å²) in [6.07, 6.45) is 1.21. The van der Waals surface area contributed by atoms with Crippen LogP contribution >= 0.6 is 0 Å². The van der Waals surface area contributed by atoms with E-state index in [0.29, 0.717) is 24.3 Å². The summed E-state index contributed by atoms with van der Waals surface area (Å²) in [7, 11) is 1.41. The lowest BCUT2D eigenvalue weighted by Gasteiger charge is -2.43. The van der Waals surface area contributed by atoms with Crippen LogP contribution in [0, 0.1) is 5.41 Å². The maximum Gasteiger partial charge on any atom is 0.418 e. The standard InChI is InChI=1S/C24H37F4NO2/c1-8-11-20-17(3)12-10-13-29(20)16-23(30,24(26,27)28)15-22(5,6)19(14-18(4)25)21(9-2)31-7/h8,11,14,30H,9-10,12-13,15-16H2,1-7H3/b11-8-,18-14+,21-19-. The van der Waals surface area contributed by atoms with E-state index in [2.05, 4.69) is 0 Å². The van der Waals surface area contributed by atoms with Gasteiger partial charge in [0.15, 0.2) is 5.60 Å². The number of rotatable bonds is 9. The van der Waals surface area contributed by atoms with E-state index in [1.54, 1.807) is 37.8 Å². The first-order valence-electron chi connectivity index (χ1n) is 10.7. The van der Waals surface area contributed by atoms with Gasteiger partial charge in [-0.3, -0.25) is 0 Å². The summed E-state index contributed by atoms with van der Waals surface area (Å²) in [5, 5.41) is 11.0. The van der Waals surface area contributed by atoms with Crippen LogP contribution in [0.3, 0.4) is 0 Å². The van der Waals surface area contributed by atoms with Crippen LogP contribution in [-0.2, 0) is 4.74 Å². The highest BCUT2D eigenvalue weighted by Gasteiger charge is 2.57. The van der Waals surface area contributed by atoms with Crippen LogP contribution in [0.5, 0.6) is 0 Å². The Balaban J connectivity index is 3.47. The van der Waals surface area contributed by atoms with Gasteiger partial charge in [-0.05, 0) is 68.7 Å². The van der Waals surface area contributed by atoms with Crippen LogP contribution in [0.25, 0.3) is 0 Å². The molecule has 1 aliphatic rings. The zero-order valence-corrected chi connectivity index (χ0v) is 19.8. The van der Waals surface area contributed by atoms with Crippen molar-refractivity contribution in [2.24, 2.45) is 5.41 Å². The molecule has 178 valence electrons. The Morgan fingerprint density at radius 2 is 1.87 bits per heavy atom. The van der Waals surface area contributed by atoms with Crippen LogP contribution in [0.4, 0.5) is 17.6 Å². The zero-order valence-electron chi connectivity index (χ0n) is 19.8. The first-order chi connectivity index (χ1) is 14.2. The number of hydrogen-bond donors (Lipinski definition) is 1. The fourth-order valence-corrected chi connectivity index (χ4v) is 4.31. The van der Waals surface area contributed by atoms with Crippen molar-refractivity contribution in [1.29, 1.82) is 0 Å². The van der Waals surface area contributed by atoms with Crippen molar-refractivity contribution in [2.45, 2.75) is 79.0 Å². The van der Waals surface area contributed by atoms with E-state index < -0.39 is 36.0 Å². The Morgan fingerprint density at radius 1 is 1.26 bits per heavy atom. The third-order valence-corrected chi connectivity index (χ3v) is 5.74. The second-order valence-corrected chi connectivity index (χ2v) is 8.91. The number of methoxy groups -OCH3 is 1. The summed E-state index contributed by atoms with van der Waals surface area (Å²) < 4.78 is 61.9. The van der Waals surface area contributed by atoms with Crippen molar-refractivity contribution in [3.8, 4) is 0 Å². The van der Waals surface area contributed by atoms with Crippen molar-refractivity contribution >= 4 is 0 Å². The molecule has 31 heavy (non-hydrogen) atoms. The predicted octanol–water partition coefficient (Wildman–Crippen LogP) is 6.83. The molecule has 1 rings (SSSR count). The monoisotopic (exact) mass is 447 g/mol. The Morgan fingerprint density at radius 3 is 2.32 bits per heavy atom. The second kappa shape index (κ2) is 10.7. The molecule has 0 bridgehead atoms. The van der Waals surface area contributed by atoms with Gasteiger partial charge in [0.25, 0.3) is 0 Å². The summed E-state index contributed by atoms with van der Waals surface area (Å²) in [6.45, 7) is 9.74. The third-order valence-electron chi connectivity index (χ3n) is 5.74. The highest BCUT2D eigenvalue weighted by Crippen LogP contribution is 2.46. The lowest BCUT2D eigenvalue weighted by Crippen LogP contribution is -2.56. The minimum Gasteiger partial charge on any atom is -0.501 e. The van der Waals surface area contributed by atoms with Gasteiger partial charge in [0.05, 0.1) is 25.2 Å². The van der Waals surface area contributed by atoms with Gasteiger partial charge in [-0.15, -0.1) is 0 Å². The molecule has 7 heteroatoms. The fourth-order valence-electron chi connectivity index (χ4n) is 4.31. The molecule has 1 atom stereocenters. The summed E-state index contributed by atoms with van der Waals surface area (Å²) in [4.78, 5) is 1.61. The molecule has 1 N–H and O–H groups in total. The number of halogens is 4. The van der Waals surface area contributed by atoms with Crippen LogP contribution in [0.15, 0.2) is 46.7 Å². The second-order valence-electron chi connectivity index (χ2n) is 8.91. The molecular weight excluding hydrogens is 410 g/mol. The normalized spacial score (nSPS) is 19.6. The lowest BCUT2D eigenvalue weighted by molar-refractivity contribution is -0.272. The number of β-amino-alcohol motifs (C(OH)–C–C–N with tert-alkyl or cyclic N) is 1. The average Bonchev–Trinajstić information content (AvgIpc) is 2.63. The Hall–Kier alpha value is -1.76. The van der Waals surface area contributed by atoms with Crippen LogP contribution in [0.1, 0.15) is 67.2 Å². The van der Waals surface area contributed by atoms with Gasteiger partial charge >= 0.3 is 6.18 Å². The van der Waals surface area contributed by atoms with Gasteiger partial charge in [-0.1, -0.05) is 26.8 Å². The molecule has 0 saturated carbocycles. The van der Waals surface area contributed by atoms with Crippen molar-refractivity contribution < 1.29 is 27.4 Å². The maximum absolute atomic E-state index is 14.2. The molecule has 0 spiro atoms. The van der Waals surface area contributed by atoms with Crippen LogP contribution < -0.4 is 0 Å². The molecule has 0 aromatic heterocycles. The van der Waals surface area contributed by atoms with E-state index in [1.807, 2.05) is 13.8 Å². The lowest BCUT2D eigenvalue weighted by atomic mass is 9.73. The van der Waals surface area contributed by atoms with Gasteiger partial charge in [-0.25, -0.2) is 4.39 Å². The minimum atomic E-state index is -4.87. The van der Waals surface area contributed by atoms with Crippen molar-refractivity contribution in [3.05, 3.63) is 46.7 Å². The molecule has 0 aliphatic carbocycles. The molecule has 0 radical (unpaired) electrons. The van der Waals surface area contributed by atoms with Gasteiger partial charge in [0.1, 0.15) is 0 Å².